The molecule has 1 aromatic rings. The second-order valence-corrected chi connectivity index (χ2v) is 4.48. The first-order valence-electron chi connectivity index (χ1n) is 6.68. The second kappa shape index (κ2) is 7.56. The molecule has 2 N–H and O–H groups in total. The Kier molecular flexibility index (Phi) is 6.08. The summed E-state index contributed by atoms with van der Waals surface area (Å²) in [6, 6.07) is 0.680. The highest BCUT2D eigenvalue weighted by Gasteiger charge is 2.19. The predicted molar refractivity (Wildman–Crippen MR) is 74.5 cm³/mol. The van der Waals surface area contributed by atoms with Crippen LogP contribution in [0.25, 0.3) is 0 Å². The van der Waals surface area contributed by atoms with Crippen LogP contribution in [-0.2, 0) is 0 Å². The Labute approximate surface area is 121 Å². The lowest BCUT2D eigenvalue weighted by Crippen LogP contribution is -2.36. The van der Waals surface area contributed by atoms with Gasteiger partial charge in [-0.15, -0.1) is 0 Å². The molecule has 1 aromatic carbocycles. The first-order chi connectivity index (χ1) is 9.90. The molecule has 0 atom stereocenters. The lowest BCUT2D eigenvalue weighted by atomic mass is 10.1. The Morgan fingerprint density at radius 2 is 1.86 bits per heavy atom. The molecule has 0 aliphatic heterocycles. The molecule has 21 heavy (non-hydrogen) atoms. The summed E-state index contributed by atoms with van der Waals surface area (Å²) in [7, 11) is 0. The molecule has 0 fully saturated rings. The number of anilines is 1. The molecule has 0 bridgehead atoms. The quantitative estimate of drug-likeness (QED) is 0.846. The first-order valence-corrected chi connectivity index (χ1v) is 6.68. The minimum absolute atomic E-state index is 0.263. The molecule has 7 heteroatoms. The number of hydrogen-bond donors (Lipinski definition) is 2. The molecule has 2 amide bonds. The summed E-state index contributed by atoms with van der Waals surface area (Å²) in [5.74, 6) is -3.93. The van der Waals surface area contributed by atoms with E-state index in [0.29, 0.717) is 25.2 Å². The van der Waals surface area contributed by atoms with Crippen molar-refractivity contribution in [3.63, 3.8) is 0 Å². The van der Waals surface area contributed by atoms with E-state index in [4.69, 9.17) is 5.11 Å². The van der Waals surface area contributed by atoms with Crippen LogP contribution in [0.2, 0.25) is 0 Å². The Morgan fingerprint density at radius 1 is 1.24 bits per heavy atom. The fraction of sp³-hybridized carbons (Fsp3) is 0.429. The molecule has 1 rings (SSSR count). The number of benzene rings is 1. The van der Waals surface area contributed by atoms with Crippen molar-refractivity contribution in [2.75, 3.05) is 18.4 Å². The maximum Gasteiger partial charge on any atom is 0.337 e. The number of carboxylic acids is 1. The van der Waals surface area contributed by atoms with Gasteiger partial charge in [0.1, 0.15) is 0 Å². The summed E-state index contributed by atoms with van der Waals surface area (Å²) in [6.07, 6.45) is 1.69. The largest absolute Gasteiger partial charge is 0.478 e. The number of halogens is 2. The normalized spacial score (nSPS) is 10.3. The molecule has 0 radical (unpaired) electrons. The Morgan fingerprint density at radius 3 is 2.38 bits per heavy atom. The second-order valence-electron chi connectivity index (χ2n) is 4.48. The highest BCUT2D eigenvalue weighted by Crippen LogP contribution is 2.20. The van der Waals surface area contributed by atoms with Gasteiger partial charge in [-0.2, -0.15) is 0 Å². The maximum absolute atomic E-state index is 13.2. The van der Waals surface area contributed by atoms with Crippen molar-refractivity contribution in [1.82, 2.24) is 4.90 Å². The first kappa shape index (κ1) is 16.9. The van der Waals surface area contributed by atoms with Crippen LogP contribution in [-0.4, -0.2) is 35.1 Å². The molecule has 0 heterocycles. The topological polar surface area (TPSA) is 69.6 Å². The molecule has 0 saturated carbocycles. The van der Waals surface area contributed by atoms with Crippen LogP contribution in [0.4, 0.5) is 19.3 Å². The molecule has 0 saturated heterocycles. The van der Waals surface area contributed by atoms with Crippen LogP contribution < -0.4 is 5.32 Å². The number of nitrogens with one attached hydrogen (secondary N) is 1. The number of carbonyl (C=O) groups excluding carboxylic acids is 1. The van der Waals surface area contributed by atoms with Crippen molar-refractivity contribution in [2.24, 2.45) is 0 Å². The van der Waals surface area contributed by atoms with E-state index in [1.165, 1.54) is 4.90 Å². The Bertz CT molecular complexity index is 535. The van der Waals surface area contributed by atoms with Crippen molar-refractivity contribution in [3.8, 4) is 0 Å². The highest BCUT2D eigenvalue weighted by atomic mass is 19.2. The van der Waals surface area contributed by atoms with Gasteiger partial charge in [-0.3, -0.25) is 0 Å². The summed E-state index contributed by atoms with van der Waals surface area (Å²) in [4.78, 5) is 24.5. The third kappa shape index (κ3) is 4.40. The Hall–Kier alpha value is -2.18. The minimum Gasteiger partial charge on any atom is -0.478 e. The van der Waals surface area contributed by atoms with E-state index in [1.807, 2.05) is 6.92 Å². The zero-order valence-electron chi connectivity index (χ0n) is 11.9. The molecule has 116 valence electrons. The molecule has 0 spiro atoms. The summed E-state index contributed by atoms with van der Waals surface area (Å²) < 4.78 is 26.3. The van der Waals surface area contributed by atoms with Crippen molar-refractivity contribution >= 4 is 17.7 Å². The standard InChI is InChI=1S/C14H18F2N2O3/c1-3-5-6-18(4-2)14(21)17-12-8-11(16)10(15)7-9(12)13(19)20/h7-8H,3-6H2,1-2H3,(H,17,21)(H,19,20). The number of hydrogen-bond acceptors (Lipinski definition) is 2. The smallest absolute Gasteiger partial charge is 0.337 e. The van der Waals surface area contributed by atoms with Crippen LogP contribution in [0.5, 0.6) is 0 Å². The molecular formula is C14H18F2N2O3. The number of nitrogens with zero attached hydrogens (tertiary/aromatic N) is 1. The van der Waals surface area contributed by atoms with Crippen LogP contribution in [0.3, 0.4) is 0 Å². The van der Waals surface area contributed by atoms with E-state index in [-0.39, 0.29) is 5.69 Å². The van der Waals surface area contributed by atoms with Gasteiger partial charge in [0.2, 0.25) is 0 Å². The molecule has 0 aliphatic carbocycles. The van der Waals surface area contributed by atoms with E-state index < -0.39 is 29.2 Å². The molecule has 5 nitrogen and oxygen atoms in total. The Balaban J connectivity index is 2.98. The van der Waals surface area contributed by atoms with Gasteiger partial charge in [-0.05, 0) is 19.4 Å². The van der Waals surface area contributed by atoms with Crippen LogP contribution in [0.1, 0.15) is 37.0 Å². The van der Waals surface area contributed by atoms with Crippen LogP contribution in [0.15, 0.2) is 12.1 Å². The number of carbonyl (C=O) groups is 2. The van der Waals surface area contributed by atoms with Gasteiger partial charge in [-0.25, -0.2) is 18.4 Å². The molecule has 0 aromatic heterocycles. The van der Waals surface area contributed by atoms with E-state index in [1.54, 1.807) is 6.92 Å². The highest BCUT2D eigenvalue weighted by molar-refractivity contribution is 6.00. The van der Waals surface area contributed by atoms with Gasteiger partial charge in [-0.1, -0.05) is 13.3 Å². The zero-order chi connectivity index (χ0) is 16.0. The summed E-state index contributed by atoms with van der Waals surface area (Å²) >= 11 is 0. The van der Waals surface area contributed by atoms with Crippen molar-refractivity contribution < 1.29 is 23.5 Å². The number of aromatic carboxylic acids is 1. The van der Waals surface area contributed by atoms with E-state index >= 15 is 0 Å². The molecule has 0 unspecified atom stereocenters. The average Bonchev–Trinajstić information content (AvgIpc) is 2.43. The monoisotopic (exact) mass is 300 g/mol. The van der Waals surface area contributed by atoms with Gasteiger partial charge in [0.15, 0.2) is 11.6 Å². The van der Waals surface area contributed by atoms with Crippen molar-refractivity contribution in [2.45, 2.75) is 26.7 Å². The summed E-state index contributed by atoms with van der Waals surface area (Å²) in [6.45, 7) is 4.69. The number of urea groups is 1. The van der Waals surface area contributed by atoms with Crippen molar-refractivity contribution in [3.05, 3.63) is 29.3 Å². The number of amides is 2. The fourth-order valence-corrected chi connectivity index (χ4v) is 1.77. The van der Waals surface area contributed by atoms with Crippen LogP contribution in [0, 0.1) is 11.6 Å². The summed E-state index contributed by atoms with van der Waals surface area (Å²) in [5.41, 5.74) is -0.754. The van der Waals surface area contributed by atoms with Gasteiger partial charge >= 0.3 is 12.0 Å². The zero-order valence-corrected chi connectivity index (χ0v) is 11.9. The van der Waals surface area contributed by atoms with Crippen LogP contribution >= 0.6 is 0 Å². The van der Waals surface area contributed by atoms with E-state index in [0.717, 1.165) is 12.8 Å². The summed E-state index contributed by atoms with van der Waals surface area (Å²) in [5, 5.41) is 11.3. The lowest BCUT2D eigenvalue weighted by Gasteiger charge is -2.21. The third-order valence-corrected chi connectivity index (χ3v) is 2.98. The lowest BCUT2D eigenvalue weighted by molar-refractivity contribution is 0.0697. The van der Waals surface area contributed by atoms with E-state index in [9.17, 15) is 18.4 Å². The molecule has 0 aliphatic rings. The predicted octanol–water partition coefficient (Wildman–Crippen LogP) is 3.32. The van der Waals surface area contributed by atoms with E-state index in [2.05, 4.69) is 5.32 Å². The van der Waals surface area contributed by atoms with Gasteiger partial charge in [0, 0.05) is 19.2 Å². The van der Waals surface area contributed by atoms with Crippen molar-refractivity contribution in [1.29, 1.82) is 0 Å². The SMILES string of the molecule is CCCCN(CC)C(=O)Nc1cc(F)c(F)cc1C(=O)O. The number of carboxylic acid groups (broad SMARTS) is 1. The van der Waals surface area contributed by atoms with Gasteiger partial charge in [0.25, 0.3) is 0 Å². The molecular weight excluding hydrogens is 282 g/mol. The van der Waals surface area contributed by atoms with Gasteiger partial charge in [0.05, 0.1) is 11.3 Å². The average molecular weight is 300 g/mol. The number of unbranched alkanes of at least 4 members (excludes halogenated alkanes) is 1. The maximum atomic E-state index is 13.2. The number of rotatable bonds is 6. The third-order valence-electron chi connectivity index (χ3n) is 2.98. The van der Waals surface area contributed by atoms with Gasteiger partial charge < -0.3 is 15.3 Å². The minimum atomic E-state index is -1.44. The fourth-order valence-electron chi connectivity index (χ4n) is 1.77.